The molecule has 2 rings (SSSR count). The van der Waals surface area contributed by atoms with E-state index in [0.717, 1.165) is 10.5 Å². The van der Waals surface area contributed by atoms with Gasteiger partial charge in [-0.05, 0) is 42.0 Å². The molecule has 0 fully saturated rings. The van der Waals surface area contributed by atoms with Crippen LogP contribution >= 0.6 is 0 Å². The number of hydrogen-bond donors (Lipinski definition) is 1. The third kappa shape index (κ3) is 4.13. The molecule has 0 saturated heterocycles. The van der Waals surface area contributed by atoms with Gasteiger partial charge in [0.05, 0.1) is 0 Å². The lowest BCUT2D eigenvalue weighted by Gasteiger charge is -2.03. The van der Waals surface area contributed by atoms with Crippen molar-refractivity contribution in [3.05, 3.63) is 60.4 Å². The number of hydrogen-bond acceptors (Lipinski definition) is 3. The van der Waals surface area contributed by atoms with Crippen LogP contribution < -0.4 is 5.32 Å². The first-order valence-corrected chi connectivity index (χ1v) is 7.53. The number of carbonyl (C=O) groups is 1. The van der Waals surface area contributed by atoms with Gasteiger partial charge in [-0.2, -0.15) is 0 Å². The normalized spacial score (nSPS) is 12.2. The Balaban J connectivity index is 1.98. The van der Waals surface area contributed by atoms with Crippen LogP contribution in [0.3, 0.4) is 0 Å². The van der Waals surface area contributed by atoms with Gasteiger partial charge in [0.15, 0.2) is 0 Å². The molecule has 0 aliphatic carbocycles. The summed E-state index contributed by atoms with van der Waals surface area (Å²) in [6, 6.07) is 10.6. The van der Waals surface area contributed by atoms with Crippen LogP contribution in [-0.2, 0) is 15.6 Å². The van der Waals surface area contributed by atoms with Crippen molar-refractivity contribution in [1.29, 1.82) is 0 Å². The van der Waals surface area contributed by atoms with Crippen LogP contribution in [0.25, 0.3) is 6.08 Å². The van der Waals surface area contributed by atoms with Gasteiger partial charge in [0.25, 0.3) is 0 Å². The van der Waals surface area contributed by atoms with E-state index in [9.17, 15) is 9.00 Å². The summed E-state index contributed by atoms with van der Waals surface area (Å²) in [5.41, 5.74) is 1.53. The summed E-state index contributed by atoms with van der Waals surface area (Å²) in [7, 11) is -1.01. The third-order valence-electron chi connectivity index (χ3n) is 2.57. The standard InChI is InChI=1S/C15H14N2O2S/c1-20(19)14-7-5-13(6-8-14)17-15(18)9-4-12-3-2-10-16-11-12/h2-11H,1H3,(H,17,18)/b9-4+. The number of carbonyl (C=O) groups excluding carboxylic acids is 1. The largest absolute Gasteiger partial charge is 0.323 e. The molecular weight excluding hydrogens is 272 g/mol. The van der Waals surface area contributed by atoms with E-state index < -0.39 is 10.8 Å². The zero-order valence-electron chi connectivity index (χ0n) is 10.9. The highest BCUT2D eigenvalue weighted by Gasteiger charge is 2.00. The van der Waals surface area contributed by atoms with Crippen molar-refractivity contribution in [3.63, 3.8) is 0 Å². The van der Waals surface area contributed by atoms with Crippen molar-refractivity contribution < 1.29 is 9.00 Å². The van der Waals surface area contributed by atoms with Gasteiger partial charge < -0.3 is 5.32 Å². The fourth-order valence-electron chi connectivity index (χ4n) is 1.56. The SMILES string of the molecule is CS(=O)c1ccc(NC(=O)/C=C/c2cccnc2)cc1. The van der Waals surface area contributed by atoms with E-state index in [0.29, 0.717) is 5.69 Å². The zero-order chi connectivity index (χ0) is 14.4. The lowest BCUT2D eigenvalue weighted by Crippen LogP contribution is -2.07. The molecule has 20 heavy (non-hydrogen) atoms. The Bertz CT molecular complexity index is 637. The maximum atomic E-state index is 11.7. The maximum Gasteiger partial charge on any atom is 0.248 e. The number of anilines is 1. The van der Waals surface area contributed by atoms with E-state index in [-0.39, 0.29) is 5.91 Å². The fraction of sp³-hybridized carbons (Fsp3) is 0.0667. The number of benzene rings is 1. The van der Waals surface area contributed by atoms with Gasteiger partial charge in [-0.1, -0.05) is 6.07 Å². The number of amides is 1. The molecule has 1 unspecified atom stereocenters. The van der Waals surface area contributed by atoms with E-state index in [1.165, 1.54) is 6.08 Å². The second-order valence-corrected chi connectivity index (χ2v) is 5.47. The quantitative estimate of drug-likeness (QED) is 0.878. The smallest absolute Gasteiger partial charge is 0.248 e. The Morgan fingerprint density at radius 2 is 2.00 bits per heavy atom. The molecule has 0 spiro atoms. The van der Waals surface area contributed by atoms with E-state index in [1.54, 1.807) is 55.1 Å². The molecule has 1 heterocycles. The van der Waals surface area contributed by atoms with E-state index in [4.69, 9.17) is 0 Å². The monoisotopic (exact) mass is 286 g/mol. The molecule has 1 aromatic carbocycles. The van der Waals surface area contributed by atoms with Crippen LogP contribution in [0.15, 0.2) is 59.8 Å². The Morgan fingerprint density at radius 3 is 2.60 bits per heavy atom. The van der Waals surface area contributed by atoms with Crippen LogP contribution in [0.4, 0.5) is 5.69 Å². The minimum absolute atomic E-state index is 0.223. The summed E-state index contributed by atoms with van der Waals surface area (Å²) >= 11 is 0. The summed E-state index contributed by atoms with van der Waals surface area (Å²) in [5.74, 6) is -0.223. The van der Waals surface area contributed by atoms with E-state index in [2.05, 4.69) is 10.3 Å². The van der Waals surface area contributed by atoms with Crippen LogP contribution in [-0.4, -0.2) is 21.4 Å². The summed E-state index contributed by atoms with van der Waals surface area (Å²) in [4.78, 5) is 16.4. The molecular formula is C15H14N2O2S. The molecule has 0 saturated carbocycles. The molecule has 0 radical (unpaired) electrons. The van der Waals surface area contributed by atoms with E-state index in [1.807, 2.05) is 6.07 Å². The molecule has 1 aromatic heterocycles. The van der Waals surface area contributed by atoms with Crippen molar-refractivity contribution in [2.24, 2.45) is 0 Å². The van der Waals surface area contributed by atoms with Crippen molar-refractivity contribution in [2.45, 2.75) is 4.90 Å². The lowest BCUT2D eigenvalue weighted by molar-refractivity contribution is -0.111. The average molecular weight is 286 g/mol. The lowest BCUT2D eigenvalue weighted by atomic mass is 10.2. The first-order valence-electron chi connectivity index (χ1n) is 5.98. The van der Waals surface area contributed by atoms with Crippen molar-refractivity contribution in [3.8, 4) is 0 Å². The van der Waals surface area contributed by atoms with Gasteiger partial charge in [0, 0.05) is 46.1 Å². The molecule has 2 aromatic rings. The van der Waals surface area contributed by atoms with Crippen molar-refractivity contribution in [2.75, 3.05) is 11.6 Å². The third-order valence-corrected chi connectivity index (χ3v) is 3.50. The highest BCUT2D eigenvalue weighted by molar-refractivity contribution is 7.84. The molecule has 1 N–H and O–H groups in total. The van der Waals surface area contributed by atoms with Gasteiger partial charge in [-0.25, -0.2) is 0 Å². The molecule has 1 amide bonds. The van der Waals surface area contributed by atoms with Crippen LogP contribution in [0, 0.1) is 0 Å². The predicted octanol–water partition coefficient (Wildman–Crippen LogP) is 2.47. The van der Waals surface area contributed by atoms with Gasteiger partial charge in [-0.3, -0.25) is 14.0 Å². The van der Waals surface area contributed by atoms with Crippen LogP contribution in [0.2, 0.25) is 0 Å². The molecule has 102 valence electrons. The van der Waals surface area contributed by atoms with Gasteiger partial charge in [-0.15, -0.1) is 0 Å². The fourth-order valence-corrected chi connectivity index (χ4v) is 2.08. The van der Waals surface area contributed by atoms with Crippen LogP contribution in [0.5, 0.6) is 0 Å². The average Bonchev–Trinajstić information content (AvgIpc) is 2.47. The predicted molar refractivity (Wildman–Crippen MR) is 80.7 cm³/mol. The first kappa shape index (κ1) is 14.1. The second-order valence-electron chi connectivity index (χ2n) is 4.09. The second kappa shape index (κ2) is 6.77. The molecule has 0 aliphatic heterocycles. The Kier molecular flexibility index (Phi) is 4.79. The highest BCUT2D eigenvalue weighted by Crippen LogP contribution is 2.12. The van der Waals surface area contributed by atoms with Crippen molar-refractivity contribution in [1.82, 2.24) is 4.98 Å². The Labute approximate surface area is 120 Å². The number of pyridine rings is 1. The number of nitrogens with zero attached hydrogens (tertiary/aromatic N) is 1. The Hall–Kier alpha value is -2.27. The highest BCUT2D eigenvalue weighted by atomic mass is 32.2. The summed E-state index contributed by atoms with van der Waals surface area (Å²) < 4.78 is 11.2. The summed E-state index contributed by atoms with van der Waals surface area (Å²) in [5, 5.41) is 2.73. The van der Waals surface area contributed by atoms with Crippen molar-refractivity contribution >= 4 is 28.5 Å². The van der Waals surface area contributed by atoms with E-state index >= 15 is 0 Å². The minimum atomic E-state index is -1.01. The number of rotatable bonds is 4. The Morgan fingerprint density at radius 1 is 1.25 bits per heavy atom. The minimum Gasteiger partial charge on any atom is -0.323 e. The van der Waals surface area contributed by atoms with Gasteiger partial charge >= 0.3 is 0 Å². The first-order chi connectivity index (χ1) is 9.65. The van der Waals surface area contributed by atoms with Gasteiger partial charge in [0.1, 0.15) is 0 Å². The van der Waals surface area contributed by atoms with Crippen LogP contribution in [0.1, 0.15) is 5.56 Å². The summed E-state index contributed by atoms with van der Waals surface area (Å²) in [6.45, 7) is 0. The molecule has 0 aliphatic rings. The molecule has 0 bridgehead atoms. The molecule has 5 heteroatoms. The topological polar surface area (TPSA) is 59.1 Å². The summed E-state index contributed by atoms with van der Waals surface area (Å²) in [6.07, 6.45) is 8.11. The molecule has 4 nitrogen and oxygen atoms in total. The maximum absolute atomic E-state index is 11.7. The number of nitrogens with one attached hydrogen (secondary N) is 1. The molecule has 1 atom stereocenters. The number of aromatic nitrogens is 1. The zero-order valence-corrected chi connectivity index (χ0v) is 11.8. The van der Waals surface area contributed by atoms with Gasteiger partial charge in [0.2, 0.25) is 5.91 Å².